The SMILES string of the molecule is CC1=CC=C(C2=CC=C(ON)CC2C)CC1. The van der Waals surface area contributed by atoms with E-state index >= 15 is 0 Å². The lowest BCUT2D eigenvalue weighted by Gasteiger charge is -2.24. The maximum atomic E-state index is 5.19. The van der Waals surface area contributed by atoms with Crippen molar-refractivity contribution in [2.45, 2.75) is 33.1 Å². The monoisotopic (exact) mass is 217 g/mol. The molecule has 2 aliphatic carbocycles. The van der Waals surface area contributed by atoms with Crippen LogP contribution in [-0.4, -0.2) is 0 Å². The quantitative estimate of drug-likeness (QED) is 0.719. The largest absolute Gasteiger partial charge is 0.416 e. The Balaban J connectivity index is 2.22. The summed E-state index contributed by atoms with van der Waals surface area (Å²) in [5.41, 5.74) is 4.37. The van der Waals surface area contributed by atoms with Gasteiger partial charge >= 0.3 is 0 Å². The third kappa shape index (κ3) is 2.27. The molecule has 0 saturated carbocycles. The van der Waals surface area contributed by atoms with E-state index in [0.29, 0.717) is 5.92 Å². The highest BCUT2D eigenvalue weighted by Crippen LogP contribution is 2.34. The Morgan fingerprint density at radius 2 is 2.00 bits per heavy atom. The van der Waals surface area contributed by atoms with Crippen molar-refractivity contribution in [1.29, 1.82) is 0 Å². The second-order valence-electron chi connectivity index (χ2n) is 4.68. The van der Waals surface area contributed by atoms with Crippen LogP contribution in [0, 0.1) is 5.92 Å². The fourth-order valence-electron chi connectivity index (χ4n) is 2.32. The molecule has 0 spiro atoms. The Morgan fingerprint density at radius 3 is 2.56 bits per heavy atom. The summed E-state index contributed by atoms with van der Waals surface area (Å²) >= 11 is 0. The molecule has 1 atom stereocenters. The smallest absolute Gasteiger partial charge is 0.124 e. The van der Waals surface area contributed by atoms with E-state index in [1.165, 1.54) is 23.1 Å². The van der Waals surface area contributed by atoms with Crippen LogP contribution in [0.2, 0.25) is 0 Å². The predicted molar refractivity (Wildman–Crippen MR) is 66.3 cm³/mol. The normalized spacial score (nSPS) is 25.3. The van der Waals surface area contributed by atoms with Gasteiger partial charge in [-0.3, -0.25) is 0 Å². The number of nitrogens with two attached hydrogens (primary N) is 1. The number of hydrogen-bond donors (Lipinski definition) is 1. The number of rotatable bonds is 2. The van der Waals surface area contributed by atoms with E-state index in [1.807, 2.05) is 6.08 Å². The molecule has 0 saturated heterocycles. The van der Waals surface area contributed by atoms with Crippen LogP contribution in [0.15, 0.2) is 46.8 Å². The van der Waals surface area contributed by atoms with Gasteiger partial charge in [0.25, 0.3) is 0 Å². The van der Waals surface area contributed by atoms with Gasteiger partial charge in [0.1, 0.15) is 5.76 Å². The first-order valence-electron chi connectivity index (χ1n) is 5.85. The molecule has 2 nitrogen and oxygen atoms in total. The molecule has 0 aromatic heterocycles. The van der Waals surface area contributed by atoms with Crippen LogP contribution in [0.1, 0.15) is 33.1 Å². The van der Waals surface area contributed by atoms with E-state index in [1.54, 1.807) is 0 Å². The highest BCUT2D eigenvalue weighted by molar-refractivity contribution is 5.43. The molecule has 0 fully saturated rings. The van der Waals surface area contributed by atoms with Crippen LogP contribution in [-0.2, 0) is 4.84 Å². The van der Waals surface area contributed by atoms with E-state index in [0.717, 1.165) is 18.6 Å². The van der Waals surface area contributed by atoms with Gasteiger partial charge in [0.15, 0.2) is 0 Å². The first-order valence-corrected chi connectivity index (χ1v) is 5.85. The van der Waals surface area contributed by atoms with Gasteiger partial charge in [-0.1, -0.05) is 30.7 Å². The minimum absolute atomic E-state index is 0.501. The van der Waals surface area contributed by atoms with Crippen molar-refractivity contribution >= 4 is 0 Å². The van der Waals surface area contributed by atoms with E-state index < -0.39 is 0 Å². The van der Waals surface area contributed by atoms with Crippen molar-refractivity contribution in [2.75, 3.05) is 0 Å². The molecule has 2 rings (SSSR count). The molecule has 0 aromatic rings. The summed E-state index contributed by atoms with van der Waals surface area (Å²) in [7, 11) is 0. The maximum Gasteiger partial charge on any atom is 0.124 e. The van der Waals surface area contributed by atoms with Gasteiger partial charge < -0.3 is 4.84 Å². The zero-order valence-electron chi connectivity index (χ0n) is 9.99. The Bertz CT molecular complexity index is 399. The summed E-state index contributed by atoms with van der Waals surface area (Å²) < 4.78 is 0. The molecule has 2 N–H and O–H groups in total. The van der Waals surface area contributed by atoms with Crippen molar-refractivity contribution in [3.8, 4) is 0 Å². The number of hydrogen-bond acceptors (Lipinski definition) is 2. The van der Waals surface area contributed by atoms with Crippen molar-refractivity contribution < 1.29 is 4.84 Å². The van der Waals surface area contributed by atoms with Crippen LogP contribution >= 0.6 is 0 Å². The zero-order chi connectivity index (χ0) is 11.5. The van der Waals surface area contributed by atoms with Crippen LogP contribution in [0.5, 0.6) is 0 Å². The fourth-order valence-corrected chi connectivity index (χ4v) is 2.32. The van der Waals surface area contributed by atoms with Gasteiger partial charge in [0.05, 0.1) is 0 Å². The lowest BCUT2D eigenvalue weighted by atomic mass is 9.83. The Hall–Kier alpha value is -1.28. The first-order chi connectivity index (χ1) is 7.70. The minimum Gasteiger partial charge on any atom is -0.416 e. The molecule has 0 aliphatic heterocycles. The summed E-state index contributed by atoms with van der Waals surface area (Å²) in [5.74, 6) is 6.56. The van der Waals surface area contributed by atoms with E-state index in [4.69, 9.17) is 10.7 Å². The second kappa shape index (κ2) is 4.71. The minimum atomic E-state index is 0.501. The van der Waals surface area contributed by atoms with Gasteiger partial charge in [0.2, 0.25) is 0 Å². The molecule has 2 aliphatic rings. The lowest BCUT2D eigenvalue weighted by Crippen LogP contribution is -2.12. The molecular weight excluding hydrogens is 198 g/mol. The third-order valence-electron chi connectivity index (χ3n) is 3.37. The molecule has 0 aromatic carbocycles. The van der Waals surface area contributed by atoms with Crippen LogP contribution in [0.4, 0.5) is 0 Å². The Labute approximate surface area is 97.1 Å². The molecule has 0 radical (unpaired) electrons. The average Bonchev–Trinajstić information content (AvgIpc) is 2.30. The molecule has 16 heavy (non-hydrogen) atoms. The standard InChI is InChI=1S/C14H19NO/c1-10-3-5-12(6-4-10)14-8-7-13(16-15)9-11(14)2/h3,5,7-8,11H,4,6,9,15H2,1-2H3. The fraction of sp³-hybridized carbons (Fsp3) is 0.429. The van der Waals surface area contributed by atoms with E-state index in [-0.39, 0.29) is 0 Å². The number of allylic oxidation sites excluding steroid dienone is 8. The highest BCUT2D eigenvalue weighted by atomic mass is 16.6. The second-order valence-corrected chi connectivity index (χ2v) is 4.68. The Kier molecular flexibility index (Phi) is 3.30. The van der Waals surface area contributed by atoms with Gasteiger partial charge in [-0.15, -0.1) is 0 Å². The summed E-state index contributed by atoms with van der Waals surface area (Å²) in [6.45, 7) is 4.41. The molecule has 0 bridgehead atoms. The molecule has 0 amide bonds. The summed E-state index contributed by atoms with van der Waals surface area (Å²) in [5, 5.41) is 0. The lowest BCUT2D eigenvalue weighted by molar-refractivity contribution is 0.201. The van der Waals surface area contributed by atoms with Gasteiger partial charge in [-0.2, -0.15) is 5.90 Å². The zero-order valence-corrected chi connectivity index (χ0v) is 9.99. The van der Waals surface area contributed by atoms with Gasteiger partial charge in [0, 0.05) is 6.42 Å². The Morgan fingerprint density at radius 1 is 1.19 bits per heavy atom. The summed E-state index contributed by atoms with van der Waals surface area (Å²) in [4.78, 5) is 4.80. The summed E-state index contributed by atoms with van der Waals surface area (Å²) in [6, 6.07) is 0. The van der Waals surface area contributed by atoms with Crippen LogP contribution in [0.3, 0.4) is 0 Å². The van der Waals surface area contributed by atoms with E-state index in [2.05, 4.69) is 32.1 Å². The molecule has 86 valence electrons. The molecular formula is C14H19NO. The van der Waals surface area contributed by atoms with Crippen molar-refractivity contribution in [1.82, 2.24) is 0 Å². The van der Waals surface area contributed by atoms with Crippen LogP contribution in [0.25, 0.3) is 0 Å². The van der Waals surface area contributed by atoms with Crippen LogP contribution < -0.4 is 5.90 Å². The van der Waals surface area contributed by atoms with Gasteiger partial charge in [-0.05, 0) is 42.9 Å². The topological polar surface area (TPSA) is 35.2 Å². The third-order valence-corrected chi connectivity index (χ3v) is 3.37. The van der Waals surface area contributed by atoms with E-state index in [9.17, 15) is 0 Å². The molecule has 2 heteroatoms. The average molecular weight is 217 g/mol. The van der Waals surface area contributed by atoms with Crippen molar-refractivity contribution in [3.63, 3.8) is 0 Å². The first kappa shape index (κ1) is 11.2. The van der Waals surface area contributed by atoms with Gasteiger partial charge in [-0.25, -0.2) is 0 Å². The van der Waals surface area contributed by atoms with Crippen molar-refractivity contribution in [2.24, 2.45) is 11.8 Å². The molecule has 1 unspecified atom stereocenters. The summed E-state index contributed by atoms with van der Waals surface area (Å²) in [6.07, 6.45) is 11.9. The molecule has 0 heterocycles. The maximum absolute atomic E-state index is 5.19. The predicted octanol–water partition coefficient (Wildman–Crippen LogP) is 3.39. The van der Waals surface area contributed by atoms with Crippen molar-refractivity contribution in [3.05, 3.63) is 46.8 Å². The highest BCUT2D eigenvalue weighted by Gasteiger charge is 2.19.